The molecule has 2 nitrogen and oxygen atoms in total. The summed E-state index contributed by atoms with van der Waals surface area (Å²) in [5.41, 5.74) is 1.32. The van der Waals surface area contributed by atoms with Gasteiger partial charge in [0.25, 0.3) is 0 Å². The van der Waals surface area contributed by atoms with Gasteiger partial charge in [-0.3, -0.25) is 0 Å². The van der Waals surface area contributed by atoms with E-state index in [1.807, 2.05) is 11.3 Å². The van der Waals surface area contributed by atoms with Crippen LogP contribution in [0.4, 0.5) is 0 Å². The Bertz CT molecular complexity index is 509. The molecule has 0 saturated heterocycles. The molecule has 2 heterocycles. The first-order valence-corrected chi connectivity index (χ1v) is 8.98. The number of hydrogen-bond donors (Lipinski definition) is 1. The fourth-order valence-corrected chi connectivity index (χ4v) is 3.83. The van der Waals surface area contributed by atoms with Crippen LogP contribution in [-0.4, -0.2) is 4.98 Å². The molecule has 0 bridgehead atoms. The topological polar surface area (TPSA) is 24.9 Å². The molecule has 20 heavy (non-hydrogen) atoms. The van der Waals surface area contributed by atoms with Crippen molar-refractivity contribution in [3.8, 4) is 0 Å². The maximum absolute atomic E-state index is 4.75. The minimum atomic E-state index is 0.152. The third-order valence-corrected chi connectivity index (χ3v) is 5.49. The molecule has 0 aromatic carbocycles. The van der Waals surface area contributed by atoms with Crippen LogP contribution in [0.15, 0.2) is 22.9 Å². The predicted octanol–water partition coefficient (Wildman–Crippen LogP) is 5.13. The summed E-state index contributed by atoms with van der Waals surface area (Å²) in [7, 11) is 0. The maximum Gasteiger partial charge on any atom is 0.0982 e. The van der Waals surface area contributed by atoms with Crippen molar-refractivity contribution in [2.75, 3.05) is 0 Å². The average Bonchev–Trinajstić information content (AvgIpc) is 3.04. The molecule has 0 amide bonds. The smallest absolute Gasteiger partial charge is 0.0982 e. The summed E-state index contributed by atoms with van der Waals surface area (Å²) >= 11 is 3.61. The average molecular weight is 309 g/mol. The Morgan fingerprint density at radius 2 is 2.10 bits per heavy atom. The molecule has 0 radical (unpaired) electrons. The molecule has 0 aliphatic rings. The largest absolute Gasteiger partial charge is 0.304 e. The lowest BCUT2D eigenvalue weighted by Crippen LogP contribution is -2.20. The van der Waals surface area contributed by atoms with Crippen molar-refractivity contribution < 1.29 is 0 Å². The Labute approximate surface area is 130 Å². The molecule has 2 rings (SSSR count). The first-order chi connectivity index (χ1) is 9.50. The summed E-state index contributed by atoms with van der Waals surface area (Å²) in [4.78, 5) is 6.18. The van der Waals surface area contributed by atoms with Gasteiger partial charge in [0, 0.05) is 28.3 Å². The van der Waals surface area contributed by atoms with E-state index in [0.29, 0.717) is 6.04 Å². The molecular formula is C16H24N2S2. The number of aromatic nitrogens is 1. The number of hydrogen-bond acceptors (Lipinski definition) is 4. The highest BCUT2D eigenvalue weighted by molar-refractivity contribution is 7.10. The second-order valence-electron chi connectivity index (χ2n) is 6.13. The van der Waals surface area contributed by atoms with Crippen LogP contribution in [0.5, 0.6) is 0 Å². The molecule has 2 aromatic heterocycles. The molecule has 1 unspecified atom stereocenters. The molecule has 0 fully saturated rings. The van der Waals surface area contributed by atoms with Gasteiger partial charge >= 0.3 is 0 Å². The molecule has 4 heteroatoms. The number of thiophene rings is 1. The van der Waals surface area contributed by atoms with Crippen LogP contribution in [0.3, 0.4) is 0 Å². The lowest BCUT2D eigenvalue weighted by molar-refractivity contribution is 0.495. The standard InChI is InChI=1S/C16H24N2S2/c1-5-7-13(14-8-6-9-19-14)17-10-12-11-20-15(18-12)16(2,3)4/h6,8-9,11,13,17H,5,7,10H2,1-4H3. The van der Waals surface area contributed by atoms with Crippen LogP contribution in [0.25, 0.3) is 0 Å². The van der Waals surface area contributed by atoms with E-state index in [1.165, 1.54) is 22.7 Å². The van der Waals surface area contributed by atoms with Gasteiger partial charge in [-0.25, -0.2) is 4.98 Å². The third kappa shape index (κ3) is 4.14. The zero-order valence-electron chi connectivity index (χ0n) is 12.8. The van der Waals surface area contributed by atoms with Crippen molar-refractivity contribution in [2.24, 2.45) is 0 Å². The number of nitrogens with zero attached hydrogens (tertiary/aromatic N) is 1. The van der Waals surface area contributed by atoms with E-state index in [4.69, 9.17) is 4.98 Å². The highest BCUT2D eigenvalue weighted by atomic mass is 32.1. The Balaban J connectivity index is 1.97. The lowest BCUT2D eigenvalue weighted by Gasteiger charge is -2.16. The van der Waals surface area contributed by atoms with E-state index in [9.17, 15) is 0 Å². The number of rotatable bonds is 6. The first-order valence-electron chi connectivity index (χ1n) is 7.22. The Kier molecular flexibility index (Phi) is 5.35. The summed E-state index contributed by atoms with van der Waals surface area (Å²) in [5.74, 6) is 0. The monoisotopic (exact) mass is 308 g/mol. The second-order valence-corrected chi connectivity index (χ2v) is 7.97. The Morgan fingerprint density at radius 1 is 1.30 bits per heavy atom. The summed E-state index contributed by atoms with van der Waals surface area (Å²) in [6, 6.07) is 4.81. The van der Waals surface area contributed by atoms with Gasteiger partial charge in [-0.2, -0.15) is 0 Å². The molecule has 1 atom stereocenters. The number of thiazole rings is 1. The fourth-order valence-electron chi connectivity index (χ4n) is 2.08. The SMILES string of the molecule is CCCC(NCc1csc(C(C)(C)C)n1)c1cccs1. The van der Waals surface area contributed by atoms with Crippen LogP contribution >= 0.6 is 22.7 Å². The molecule has 110 valence electrons. The van der Waals surface area contributed by atoms with Crippen molar-refractivity contribution in [2.45, 2.75) is 58.5 Å². The van der Waals surface area contributed by atoms with Gasteiger partial charge in [-0.15, -0.1) is 22.7 Å². The number of nitrogens with one attached hydrogen (secondary N) is 1. The maximum atomic E-state index is 4.75. The minimum absolute atomic E-state index is 0.152. The van der Waals surface area contributed by atoms with Crippen molar-refractivity contribution in [3.05, 3.63) is 38.5 Å². The summed E-state index contributed by atoms with van der Waals surface area (Å²) in [6.45, 7) is 9.75. The van der Waals surface area contributed by atoms with Gasteiger partial charge in [-0.1, -0.05) is 40.2 Å². The van der Waals surface area contributed by atoms with E-state index >= 15 is 0 Å². The Morgan fingerprint density at radius 3 is 2.65 bits per heavy atom. The van der Waals surface area contributed by atoms with E-state index in [-0.39, 0.29) is 5.41 Å². The quantitative estimate of drug-likeness (QED) is 0.800. The van der Waals surface area contributed by atoms with Crippen molar-refractivity contribution in [3.63, 3.8) is 0 Å². The Hall–Kier alpha value is -0.710. The normalized spacial score (nSPS) is 13.6. The van der Waals surface area contributed by atoms with Gasteiger partial charge in [0.05, 0.1) is 10.7 Å². The molecule has 0 aliphatic heterocycles. The van der Waals surface area contributed by atoms with Crippen LogP contribution in [-0.2, 0) is 12.0 Å². The third-order valence-electron chi connectivity index (χ3n) is 3.19. The molecule has 0 spiro atoms. The van der Waals surface area contributed by atoms with E-state index < -0.39 is 0 Å². The lowest BCUT2D eigenvalue weighted by atomic mass is 9.98. The van der Waals surface area contributed by atoms with Gasteiger partial charge < -0.3 is 5.32 Å². The van der Waals surface area contributed by atoms with Crippen molar-refractivity contribution in [1.29, 1.82) is 0 Å². The van der Waals surface area contributed by atoms with E-state index in [2.05, 4.69) is 55.9 Å². The van der Waals surface area contributed by atoms with Crippen molar-refractivity contribution >= 4 is 22.7 Å². The first kappa shape index (κ1) is 15.7. The molecule has 1 N–H and O–H groups in total. The minimum Gasteiger partial charge on any atom is -0.304 e. The van der Waals surface area contributed by atoms with Gasteiger partial charge in [0.2, 0.25) is 0 Å². The van der Waals surface area contributed by atoms with E-state index in [1.54, 1.807) is 11.3 Å². The molecule has 2 aromatic rings. The zero-order chi connectivity index (χ0) is 14.6. The van der Waals surface area contributed by atoms with Crippen LogP contribution < -0.4 is 5.32 Å². The molecular weight excluding hydrogens is 284 g/mol. The van der Waals surface area contributed by atoms with Crippen LogP contribution in [0.1, 0.15) is 62.2 Å². The molecule has 0 saturated carbocycles. The van der Waals surface area contributed by atoms with Crippen LogP contribution in [0.2, 0.25) is 0 Å². The fraction of sp³-hybridized carbons (Fsp3) is 0.562. The summed E-state index contributed by atoms with van der Waals surface area (Å²) in [6.07, 6.45) is 2.37. The van der Waals surface area contributed by atoms with Crippen LogP contribution in [0, 0.1) is 0 Å². The predicted molar refractivity (Wildman–Crippen MR) is 89.6 cm³/mol. The highest BCUT2D eigenvalue weighted by Gasteiger charge is 2.18. The van der Waals surface area contributed by atoms with Crippen molar-refractivity contribution in [1.82, 2.24) is 10.3 Å². The highest BCUT2D eigenvalue weighted by Crippen LogP contribution is 2.27. The van der Waals surface area contributed by atoms with Gasteiger partial charge in [0.1, 0.15) is 0 Å². The summed E-state index contributed by atoms with van der Waals surface area (Å²) < 4.78 is 0. The van der Waals surface area contributed by atoms with Gasteiger partial charge in [0.15, 0.2) is 0 Å². The zero-order valence-corrected chi connectivity index (χ0v) is 14.4. The molecule has 0 aliphatic carbocycles. The summed E-state index contributed by atoms with van der Waals surface area (Å²) in [5, 5.41) is 9.22. The second kappa shape index (κ2) is 6.83. The van der Waals surface area contributed by atoms with Gasteiger partial charge in [-0.05, 0) is 17.9 Å². The van der Waals surface area contributed by atoms with E-state index in [0.717, 1.165) is 12.2 Å².